The predicted octanol–water partition coefficient (Wildman–Crippen LogP) is 2.35. The molecule has 0 saturated carbocycles. The predicted molar refractivity (Wildman–Crippen MR) is 82.9 cm³/mol. The van der Waals surface area contributed by atoms with Crippen LogP contribution >= 0.6 is 0 Å². The maximum Gasteiger partial charge on any atom is 0.427 e. The molecule has 3 N–H and O–H groups in total. The highest BCUT2D eigenvalue weighted by Crippen LogP contribution is 2.19. The van der Waals surface area contributed by atoms with Crippen LogP contribution in [0, 0.1) is 0 Å². The quantitative estimate of drug-likeness (QED) is 0.527. The molecule has 0 atom stereocenters. The molecule has 108 valence electrons. The van der Waals surface area contributed by atoms with Crippen molar-refractivity contribution in [2.75, 3.05) is 5.73 Å². The van der Waals surface area contributed by atoms with E-state index in [4.69, 9.17) is 10.2 Å². The Kier molecular flexibility index (Phi) is 2.47. The number of carbonyl (C=O) groups excluding carboxylic acids is 1. The normalized spacial score (nSPS) is 11.3. The summed E-state index contributed by atoms with van der Waals surface area (Å²) in [5.74, 6) is -1.18. The van der Waals surface area contributed by atoms with Crippen LogP contribution in [0.2, 0.25) is 0 Å². The van der Waals surface area contributed by atoms with Crippen molar-refractivity contribution in [2.45, 2.75) is 0 Å². The van der Waals surface area contributed by atoms with E-state index in [-0.39, 0.29) is 0 Å². The Morgan fingerprint density at radius 1 is 1.14 bits per heavy atom. The first-order valence-electron chi connectivity index (χ1n) is 6.66. The largest absolute Gasteiger partial charge is 0.427 e. The van der Waals surface area contributed by atoms with Crippen molar-refractivity contribution in [3.8, 4) is 0 Å². The minimum atomic E-state index is -0.725. The number of aromatic amines is 1. The molecule has 2 aromatic carbocycles. The van der Waals surface area contributed by atoms with Gasteiger partial charge < -0.3 is 15.1 Å². The van der Waals surface area contributed by atoms with Crippen molar-refractivity contribution in [3.05, 3.63) is 64.8 Å². The van der Waals surface area contributed by atoms with Crippen molar-refractivity contribution in [1.82, 2.24) is 9.55 Å². The van der Waals surface area contributed by atoms with E-state index in [0.717, 1.165) is 15.5 Å². The van der Waals surface area contributed by atoms with Crippen LogP contribution in [0.4, 0.5) is 5.69 Å². The first-order valence-corrected chi connectivity index (χ1v) is 6.66. The number of nitrogens with one attached hydrogen (secondary N) is 1. The molecular formula is C16H11N3O3. The van der Waals surface area contributed by atoms with Crippen LogP contribution in [0.15, 0.2) is 57.9 Å². The zero-order valence-electron chi connectivity index (χ0n) is 11.4. The van der Waals surface area contributed by atoms with Crippen molar-refractivity contribution >= 4 is 33.6 Å². The Bertz CT molecular complexity index is 1080. The summed E-state index contributed by atoms with van der Waals surface area (Å²) in [4.78, 5) is 27.7. The van der Waals surface area contributed by atoms with Crippen molar-refractivity contribution in [1.29, 1.82) is 0 Å². The minimum Gasteiger partial charge on any atom is -0.407 e. The standard InChI is InChI=1S/C16H11N3O3/c17-11-3-4-14-13(8-11)19(16(21)22-14)15(20)10-2-1-9-5-6-18-12(9)7-10/h1-8,18H,17H2. The number of benzene rings is 2. The number of H-pyrrole nitrogens is 1. The molecule has 0 saturated heterocycles. The molecule has 4 rings (SSSR count). The molecule has 0 fully saturated rings. The number of fused-ring (bicyclic) bond motifs is 2. The molecule has 2 aromatic heterocycles. The lowest BCUT2D eigenvalue weighted by atomic mass is 10.1. The fraction of sp³-hybridized carbons (Fsp3) is 0. The van der Waals surface area contributed by atoms with Gasteiger partial charge in [0.2, 0.25) is 0 Å². The molecule has 6 heteroatoms. The van der Waals surface area contributed by atoms with E-state index in [1.807, 2.05) is 12.1 Å². The van der Waals surface area contributed by atoms with E-state index in [9.17, 15) is 9.59 Å². The maximum atomic E-state index is 12.7. The average molecular weight is 293 g/mol. The molecule has 4 aromatic rings. The van der Waals surface area contributed by atoms with Gasteiger partial charge in [0.15, 0.2) is 5.58 Å². The van der Waals surface area contributed by atoms with Gasteiger partial charge in [-0.05, 0) is 41.8 Å². The highest BCUT2D eigenvalue weighted by Gasteiger charge is 2.18. The van der Waals surface area contributed by atoms with E-state index in [1.165, 1.54) is 0 Å². The summed E-state index contributed by atoms with van der Waals surface area (Å²) in [6.45, 7) is 0. The molecule has 0 amide bonds. The van der Waals surface area contributed by atoms with E-state index in [2.05, 4.69) is 4.98 Å². The molecule has 0 aliphatic heterocycles. The first kappa shape index (κ1) is 12.5. The maximum absolute atomic E-state index is 12.7. The van der Waals surface area contributed by atoms with E-state index < -0.39 is 11.7 Å². The van der Waals surface area contributed by atoms with Crippen LogP contribution in [0.1, 0.15) is 10.4 Å². The number of rotatable bonds is 1. The van der Waals surface area contributed by atoms with Crippen LogP contribution in [0.5, 0.6) is 0 Å². The summed E-state index contributed by atoms with van der Waals surface area (Å²) in [6, 6.07) is 11.8. The van der Waals surface area contributed by atoms with Crippen LogP contribution in [-0.4, -0.2) is 15.5 Å². The van der Waals surface area contributed by atoms with Gasteiger partial charge in [0.05, 0.1) is 0 Å². The summed E-state index contributed by atoms with van der Waals surface area (Å²) < 4.78 is 6.09. The lowest BCUT2D eigenvalue weighted by molar-refractivity contribution is 0.0956. The Balaban J connectivity index is 1.93. The number of nitrogens with zero attached hydrogens (tertiary/aromatic N) is 1. The molecule has 0 radical (unpaired) electrons. The Labute approximate surface area is 123 Å². The third kappa shape index (κ3) is 1.74. The lowest BCUT2D eigenvalue weighted by Crippen LogP contribution is -2.23. The summed E-state index contributed by atoms with van der Waals surface area (Å²) in [6.07, 6.45) is 1.79. The minimum absolute atomic E-state index is 0.327. The van der Waals surface area contributed by atoms with E-state index in [0.29, 0.717) is 22.4 Å². The van der Waals surface area contributed by atoms with Gasteiger partial charge in [-0.25, -0.2) is 9.36 Å². The number of nitrogens with two attached hydrogens (primary N) is 1. The van der Waals surface area contributed by atoms with E-state index >= 15 is 0 Å². The molecule has 2 heterocycles. The molecule has 0 bridgehead atoms. The number of oxazole rings is 1. The third-order valence-corrected chi connectivity index (χ3v) is 3.61. The zero-order valence-corrected chi connectivity index (χ0v) is 11.4. The summed E-state index contributed by atoms with van der Waals surface area (Å²) in [5, 5.41) is 0.991. The number of nitrogen functional groups attached to an aromatic ring is 1. The topological polar surface area (TPSA) is 94.0 Å². The highest BCUT2D eigenvalue weighted by molar-refractivity contribution is 6.03. The monoisotopic (exact) mass is 293 g/mol. The molecule has 22 heavy (non-hydrogen) atoms. The average Bonchev–Trinajstić information content (AvgIpc) is 3.08. The molecule has 0 aliphatic carbocycles. The molecule has 0 spiro atoms. The third-order valence-electron chi connectivity index (χ3n) is 3.61. The van der Waals surface area contributed by atoms with Gasteiger partial charge in [0.1, 0.15) is 5.52 Å². The number of carbonyl (C=O) groups is 1. The second-order valence-corrected chi connectivity index (χ2v) is 5.02. The van der Waals surface area contributed by atoms with Gasteiger partial charge in [0.25, 0.3) is 5.91 Å². The number of hydrogen-bond acceptors (Lipinski definition) is 4. The van der Waals surface area contributed by atoms with Crippen molar-refractivity contribution < 1.29 is 9.21 Å². The molecular weight excluding hydrogens is 282 g/mol. The van der Waals surface area contributed by atoms with Gasteiger partial charge in [0, 0.05) is 23.0 Å². The van der Waals surface area contributed by atoms with E-state index in [1.54, 1.807) is 36.5 Å². The van der Waals surface area contributed by atoms with Gasteiger partial charge in [-0.2, -0.15) is 0 Å². The van der Waals surface area contributed by atoms with Gasteiger partial charge >= 0.3 is 5.76 Å². The second kappa shape index (κ2) is 4.36. The first-order chi connectivity index (χ1) is 10.6. The molecule has 6 nitrogen and oxygen atoms in total. The van der Waals surface area contributed by atoms with Gasteiger partial charge in [-0.1, -0.05) is 6.07 Å². The molecule has 0 unspecified atom stereocenters. The Morgan fingerprint density at radius 2 is 2.00 bits per heavy atom. The van der Waals surface area contributed by atoms with Gasteiger partial charge in [-0.3, -0.25) is 4.79 Å². The number of anilines is 1. The Hall–Kier alpha value is -3.28. The number of aromatic nitrogens is 2. The highest BCUT2D eigenvalue weighted by atomic mass is 16.4. The Morgan fingerprint density at radius 3 is 2.86 bits per heavy atom. The van der Waals surface area contributed by atoms with Crippen LogP contribution in [0.25, 0.3) is 22.0 Å². The summed E-state index contributed by atoms with van der Waals surface area (Å²) in [5.41, 5.74) is 8.09. The SMILES string of the molecule is Nc1ccc2oc(=O)n(C(=O)c3ccc4cc[nH]c4c3)c2c1. The second-order valence-electron chi connectivity index (χ2n) is 5.02. The van der Waals surface area contributed by atoms with Gasteiger partial charge in [-0.15, -0.1) is 0 Å². The van der Waals surface area contributed by atoms with Crippen LogP contribution in [0.3, 0.4) is 0 Å². The van der Waals surface area contributed by atoms with Crippen molar-refractivity contribution in [3.63, 3.8) is 0 Å². The van der Waals surface area contributed by atoms with Crippen LogP contribution < -0.4 is 11.5 Å². The number of hydrogen-bond donors (Lipinski definition) is 2. The smallest absolute Gasteiger partial charge is 0.407 e. The van der Waals surface area contributed by atoms with Crippen molar-refractivity contribution in [2.24, 2.45) is 0 Å². The lowest BCUT2D eigenvalue weighted by Gasteiger charge is -2.02. The summed E-state index contributed by atoms with van der Waals surface area (Å²) >= 11 is 0. The summed E-state index contributed by atoms with van der Waals surface area (Å²) in [7, 11) is 0. The fourth-order valence-corrected chi connectivity index (χ4v) is 2.54. The molecule has 0 aliphatic rings. The van der Waals surface area contributed by atoms with Crippen LogP contribution in [-0.2, 0) is 0 Å². The zero-order chi connectivity index (χ0) is 15.3. The fourth-order valence-electron chi connectivity index (χ4n) is 2.54.